The molecule has 132 valence electrons. The number of aryl methyl sites for hydroxylation is 1. The molecule has 1 heterocycles. The van der Waals surface area contributed by atoms with E-state index in [0.29, 0.717) is 5.56 Å². The highest BCUT2D eigenvalue weighted by molar-refractivity contribution is 7.89. The van der Waals surface area contributed by atoms with Gasteiger partial charge in [-0.3, -0.25) is 4.79 Å². The van der Waals surface area contributed by atoms with Crippen LogP contribution in [0.3, 0.4) is 0 Å². The minimum absolute atomic E-state index is 0.0333. The zero-order valence-corrected chi connectivity index (χ0v) is 15.1. The average Bonchev–Trinajstić information content (AvgIpc) is 3.15. The van der Waals surface area contributed by atoms with Crippen molar-refractivity contribution in [3.63, 3.8) is 0 Å². The van der Waals surface area contributed by atoms with Gasteiger partial charge in [0.25, 0.3) is 5.91 Å². The number of benzene rings is 2. The molecule has 0 spiro atoms. The number of likely N-dealkylation sites (tertiary alicyclic amines) is 1. The Bertz CT molecular complexity index is 837. The third-order valence-corrected chi connectivity index (χ3v) is 5.81. The van der Waals surface area contributed by atoms with Crippen LogP contribution in [-0.4, -0.2) is 32.3 Å². The first-order valence-corrected chi connectivity index (χ1v) is 9.88. The van der Waals surface area contributed by atoms with Crippen molar-refractivity contribution in [1.82, 2.24) is 9.62 Å². The molecule has 25 heavy (non-hydrogen) atoms. The molecule has 1 aliphatic heterocycles. The molecule has 1 aliphatic rings. The van der Waals surface area contributed by atoms with Crippen LogP contribution in [-0.2, 0) is 16.6 Å². The summed E-state index contributed by atoms with van der Waals surface area (Å²) in [5.41, 5.74) is 2.55. The van der Waals surface area contributed by atoms with Gasteiger partial charge in [0.15, 0.2) is 0 Å². The predicted octanol–water partition coefficient (Wildman–Crippen LogP) is 2.71. The molecule has 5 nitrogen and oxygen atoms in total. The fourth-order valence-electron chi connectivity index (χ4n) is 2.85. The van der Waals surface area contributed by atoms with Crippen molar-refractivity contribution >= 4 is 15.9 Å². The van der Waals surface area contributed by atoms with E-state index in [1.54, 1.807) is 17.0 Å². The monoisotopic (exact) mass is 358 g/mol. The Morgan fingerprint density at radius 3 is 2.20 bits per heavy atom. The lowest BCUT2D eigenvalue weighted by atomic mass is 10.2. The lowest BCUT2D eigenvalue weighted by Crippen LogP contribution is -2.27. The van der Waals surface area contributed by atoms with E-state index in [9.17, 15) is 13.2 Å². The number of carbonyl (C=O) groups is 1. The number of hydrogen-bond acceptors (Lipinski definition) is 3. The molecular formula is C19H22N2O3S. The van der Waals surface area contributed by atoms with Gasteiger partial charge in [-0.25, -0.2) is 13.1 Å². The van der Waals surface area contributed by atoms with E-state index < -0.39 is 10.0 Å². The highest BCUT2D eigenvalue weighted by Gasteiger charge is 2.20. The fraction of sp³-hybridized carbons (Fsp3) is 0.316. The van der Waals surface area contributed by atoms with E-state index in [2.05, 4.69) is 4.72 Å². The van der Waals surface area contributed by atoms with Gasteiger partial charge in [0.1, 0.15) is 0 Å². The first-order valence-electron chi connectivity index (χ1n) is 8.40. The molecule has 0 bridgehead atoms. The standard InChI is InChI=1S/C19H22N2O3S/c1-15-4-6-16(7-5-15)14-20-25(23,24)18-10-8-17(9-11-18)19(22)21-12-2-3-13-21/h4-11,20H,2-3,12-14H2,1H3. The minimum atomic E-state index is -3.60. The Morgan fingerprint density at radius 1 is 1.00 bits per heavy atom. The highest BCUT2D eigenvalue weighted by atomic mass is 32.2. The summed E-state index contributed by atoms with van der Waals surface area (Å²) in [5.74, 6) is -0.0333. The maximum Gasteiger partial charge on any atom is 0.253 e. The molecule has 2 aromatic rings. The molecule has 0 unspecified atom stereocenters. The van der Waals surface area contributed by atoms with E-state index >= 15 is 0 Å². The van der Waals surface area contributed by atoms with Crippen LogP contribution in [0.1, 0.15) is 34.3 Å². The number of amides is 1. The summed E-state index contributed by atoms with van der Waals surface area (Å²) >= 11 is 0. The van der Waals surface area contributed by atoms with Crippen LogP contribution in [0, 0.1) is 6.92 Å². The van der Waals surface area contributed by atoms with Gasteiger partial charge in [-0.05, 0) is 49.6 Å². The second kappa shape index (κ2) is 7.37. The first kappa shape index (κ1) is 17.6. The van der Waals surface area contributed by atoms with Crippen molar-refractivity contribution in [2.45, 2.75) is 31.2 Å². The van der Waals surface area contributed by atoms with Crippen molar-refractivity contribution in [3.8, 4) is 0 Å². The third-order valence-electron chi connectivity index (χ3n) is 4.39. The smallest absolute Gasteiger partial charge is 0.253 e. The van der Waals surface area contributed by atoms with Crippen molar-refractivity contribution in [2.75, 3.05) is 13.1 Å². The molecule has 0 aromatic heterocycles. The van der Waals surface area contributed by atoms with Gasteiger partial charge < -0.3 is 4.90 Å². The molecule has 1 saturated heterocycles. The molecule has 2 aromatic carbocycles. The third kappa shape index (κ3) is 4.27. The summed E-state index contributed by atoms with van der Waals surface area (Å²) in [6.07, 6.45) is 2.06. The topological polar surface area (TPSA) is 66.5 Å². The number of nitrogens with zero attached hydrogens (tertiary/aromatic N) is 1. The molecule has 0 radical (unpaired) electrons. The maximum atomic E-state index is 12.4. The number of rotatable bonds is 5. The molecule has 1 N–H and O–H groups in total. The van der Waals surface area contributed by atoms with E-state index in [0.717, 1.165) is 37.1 Å². The molecule has 1 fully saturated rings. The van der Waals surface area contributed by atoms with Gasteiger partial charge in [-0.15, -0.1) is 0 Å². The van der Waals surface area contributed by atoms with Gasteiger partial charge in [-0.1, -0.05) is 29.8 Å². The Kier molecular flexibility index (Phi) is 5.20. The number of sulfonamides is 1. The highest BCUT2D eigenvalue weighted by Crippen LogP contribution is 2.16. The molecule has 3 rings (SSSR count). The lowest BCUT2D eigenvalue weighted by molar-refractivity contribution is 0.0792. The molecule has 0 saturated carbocycles. The van der Waals surface area contributed by atoms with Crippen LogP contribution in [0.4, 0.5) is 0 Å². The van der Waals surface area contributed by atoms with Crippen molar-refractivity contribution in [1.29, 1.82) is 0 Å². The summed E-state index contributed by atoms with van der Waals surface area (Å²) in [5, 5.41) is 0. The average molecular weight is 358 g/mol. The van der Waals surface area contributed by atoms with Crippen LogP contribution in [0.25, 0.3) is 0 Å². The summed E-state index contributed by atoms with van der Waals surface area (Å²) in [6, 6.07) is 13.8. The zero-order chi connectivity index (χ0) is 17.9. The van der Waals surface area contributed by atoms with Crippen molar-refractivity contribution < 1.29 is 13.2 Å². The van der Waals surface area contributed by atoms with Crippen LogP contribution >= 0.6 is 0 Å². The predicted molar refractivity (Wildman–Crippen MR) is 96.8 cm³/mol. The Hall–Kier alpha value is -2.18. The van der Waals surface area contributed by atoms with Gasteiger partial charge in [0.05, 0.1) is 4.90 Å². The normalized spacial score (nSPS) is 14.7. The van der Waals surface area contributed by atoms with Gasteiger partial charge in [0.2, 0.25) is 10.0 Å². The molecule has 0 atom stereocenters. The Morgan fingerprint density at radius 2 is 1.60 bits per heavy atom. The van der Waals surface area contributed by atoms with Crippen LogP contribution in [0.5, 0.6) is 0 Å². The molecular weight excluding hydrogens is 336 g/mol. The van der Waals surface area contributed by atoms with Gasteiger partial charge in [0, 0.05) is 25.2 Å². The Labute approximate surface area is 148 Å². The van der Waals surface area contributed by atoms with Crippen LogP contribution in [0.2, 0.25) is 0 Å². The molecule has 0 aliphatic carbocycles. The lowest BCUT2D eigenvalue weighted by Gasteiger charge is -2.15. The molecule has 6 heteroatoms. The second-order valence-electron chi connectivity index (χ2n) is 6.33. The summed E-state index contributed by atoms with van der Waals surface area (Å²) < 4.78 is 27.4. The largest absolute Gasteiger partial charge is 0.339 e. The van der Waals surface area contributed by atoms with Gasteiger partial charge in [-0.2, -0.15) is 0 Å². The Balaban J connectivity index is 1.67. The number of nitrogens with one attached hydrogen (secondary N) is 1. The molecule has 1 amide bonds. The zero-order valence-electron chi connectivity index (χ0n) is 14.2. The van der Waals surface area contributed by atoms with E-state index in [1.165, 1.54) is 12.1 Å². The quantitative estimate of drug-likeness (QED) is 0.894. The minimum Gasteiger partial charge on any atom is -0.339 e. The first-order chi connectivity index (χ1) is 12.0. The van der Waals surface area contributed by atoms with Crippen LogP contribution in [0.15, 0.2) is 53.4 Å². The van der Waals surface area contributed by atoms with Gasteiger partial charge >= 0.3 is 0 Å². The second-order valence-corrected chi connectivity index (χ2v) is 8.10. The SMILES string of the molecule is Cc1ccc(CNS(=O)(=O)c2ccc(C(=O)N3CCCC3)cc2)cc1. The van der Waals surface area contributed by atoms with E-state index in [1.807, 2.05) is 31.2 Å². The van der Waals surface area contributed by atoms with E-state index in [-0.39, 0.29) is 17.3 Å². The van der Waals surface area contributed by atoms with Crippen LogP contribution < -0.4 is 4.72 Å². The van der Waals surface area contributed by atoms with Crippen molar-refractivity contribution in [2.24, 2.45) is 0 Å². The van der Waals surface area contributed by atoms with Crippen molar-refractivity contribution in [3.05, 3.63) is 65.2 Å². The number of carbonyl (C=O) groups excluding carboxylic acids is 1. The van der Waals surface area contributed by atoms with E-state index in [4.69, 9.17) is 0 Å². The fourth-order valence-corrected chi connectivity index (χ4v) is 3.86. The summed E-state index contributed by atoms with van der Waals surface area (Å²) in [4.78, 5) is 14.3. The summed E-state index contributed by atoms with van der Waals surface area (Å²) in [7, 11) is -3.60. The summed E-state index contributed by atoms with van der Waals surface area (Å²) in [6.45, 7) is 3.77. The maximum absolute atomic E-state index is 12.4. The number of hydrogen-bond donors (Lipinski definition) is 1.